The van der Waals surface area contributed by atoms with E-state index in [1.165, 1.54) is 12.3 Å². The van der Waals surface area contributed by atoms with E-state index < -0.39 is 11.2 Å². The molecule has 4 rings (SSSR count). The lowest BCUT2D eigenvalue weighted by molar-refractivity contribution is 0.0535. The van der Waals surface area contributed by atoms with Gasteiger partial charge in [0.25, 0.3) is 17.4 Å². The van der Waals surface area contributed by atoms with Gasteiger partial charge >= 0.3 is 5.69 Å². The summed E-state index contributed by atoms with van der Waals surface area (Å²) in [5.41, 5.74) is -0.359. The lowest BCUT2D eigenvalue weighted by Gasteiger charge is -2.34. The van der Waals surface area contributed by atoms with E-state index in [9.17, 15) is 19.2 Å². The largest absolute Gasteiger partial charge is 0.335 e. The molecule has 0 bridgehead atoms. The molecule has 1 aromatic carbocycles. The second-order valence-electron chi connectivity index (χ2n) is 6.62. The molecule has 0 unspecified atom stereocenters. The molecule has 3 heterocycles. The smallest absolute Gasteiger partial charge is 0.327 e. The van der Waals surface area contributed by atoms with Crippen LogP contribution in [0.2, 0.25) is 5.02 Å². The SMILES string of the molecule is O=C(c1ccc(Cl)cc1)N1CCN(C(=O)c2cnc3[nH]c(=O)[nH]c(=O)c3c2)CC1. The first-order valence-electron chi connectivity index (χ1n) is 8.89. The summed E-state index contributed by atoms with van der Waals surface area (Å²) in [6, 6.07) is 8.08. The molecule has 1 aliphatic heterocycles. The quantitative estimate of drug-likeness (QED) is 0.645. The zero-order valence-electron chi connectivity index (χ0n) is 15.1. The number of carbonyl (C=O) groups excluding carboxylic acids is 2. The number of hydrogen-bond acceptors (Lipinski definition) is 5. The molecule has 0 radical (unpaired) electrons. The van der Waals surface area contributed by atoms with Gasteiger partial charge in [0.05, 0.1) is 10.9 Å². The van der Waals surface area contributed by atoms with Crippen LogP contribution in [0.3, 0.4) is 0 Å². The second-order valence-corrected chi connectivity index (χ2v) is 7.06. The number of benzene rings is 1. The van der Waals surface area contributed by atoms with E-state index >= 15 is 0 Å². The van der Waals surface area contributed by atoms with Crippen molar-refractivity contribution in [3.63, 3.8) is 0 Å². The van der Waals surface area contributed by atoms with Gasteiger partial charge in [0.15, 0.2) is 0 Å². The first-order chi connectivity index (χ1) is 13.9. The fourth-order valence-corrected chi connectivity index (χ4v) is 3.36. The van der Waals surface area contributed by atoms with E-state index in [1.54, 1.807) is 34.1 Å². The Morgan fingerprint density at radius 2 is 1.48 bits per heavy atom. The van der Waals surface area contributed by atoms with Crippen LogP contribution < -0.4 is 11.2 Å². The third-order valence-corrected chi connectivity index (χ3v) is 5.04. The maximum atomic E-state index is 12.8. The van der Waals surface area contributed by atoms with Gasteiger partial charge in [-0.3, -0.25) is 24.4 Å². The van der Waals surface area contributed by atoms with Crippen LogP contribution in [0.4, 0.5) is 0 Å². The summed E-state index contributed by atoms with van der Waals surface area (Å²) in [5.74, 6) is -0.403. The fourth-order valence-electron chi connectivity index (χ4n) is 3.23. The number of piperazine rings is 1. The zero-order valence-corrected chi connectivity index (χ0v) is 15.9. The Labute approximate surface area is 168 Å². The maximum absolute atomic E-state index is 12.8. The molecule has 10 heteroatoms. The van der Waals surface area contributed by atoms with E-state index in [2.05, 4.69) is 15.0 Å². The normalized spacial score (nSPS) is 14.2. The molecule has 2 aromatic heterocycles. The molecule has 1 aliphatic rings. The number of fused-ring (bicyclic) bond motifs is 1. The van der Waals surface area contributed by atoms with Gasteiger partial charge in [-0.15, -0.1) is 0 Å². The Morgan fingerprint density at radius 1 is 0.897 bits per heavy atom. The Kier molecular flexibility index (Phi) is 4.89. The number of aromatic amines is 2. The van der Waals surface area contributed by atoms with Crippen LogP contribution >= 0.6 is 11.6 Å². The van der Waals surface area contributed by atoms with Crippen LogP contribution in [-0.2, 0) is 0 Å². The first-order valence-corrected chi connectivity index (χ1v) is 9.26. The maximum Gasteiger partial charge on any atom is 0.327 e. The zero-order chi connectivity index (χ0) is 20.5. The van der Waals surface area contributed by atoms with Crippen molar-refractivity contribution in [2.24, 2.45) is 0 Å². The lowest BCUT2D eigenvalue weighted by atomic mass is 10.1. The number of amides is 2. The van der Waals surface area contributed by atoms with Crippen LogP contribution in [0.15, 0.2) is 46.1 Å². The van der Waals surface area contributed by atoms with Crippen LogP contribution in [0.1, 0.15) is 20.7 Å². The van der Waals surface area contributed by atoms with E-state index in [0.717, 1.165) is 0 Å². The number of rotatable bonds is 2. The monoisotopic (exact) mass is 413 g/mol. The Morgan fingerprint density at radius 3 is 2.10 bits per heavy atom. The predicted octanol–water partition coefficient (Wildman–Crippen LogP) is 0.863. The summed E-state index contributed by atoms with van der Waals surface area (Å²) >= 11 is 5.86. The van der Waals surface area contributed by atoms with Gasteiger partial charge in [-0.25, -0.2) is 9.78 Å². The van der Waals surface area contributed by atoms with E-state index in [0.29, 0.717) is 36.8 Å². The number of pyridine rings is 1. The topological polar surface area (TPSA) is 119 Å². The second kappa shape index (κ2) is 7.51. The summed E-state index contributed by atoms with van der Waals surface area (Å²) in [7, 11) is 0. The van der Waals surface area contributed by atoms with Crippen molar-refractivity contribution in [2.75, 3.05) is 26.2 Å². The molecule has 9 nitrogen and oxygen atoms in total. The Hall–Kier alpha value is -3.46. The minimum Gasteiger partial charge on any atom is -0.335 e. The highest BCUT2D eigenvalue weighted by molar-refractivity contribution is 6.30. The average molecular weight is 414 g/mol. The highest BCUT2D eigenvalue weighted by Gasteiger charge is 2.26. The summed E-state index contributed by atoms with van der Waals surface area (Å²) in [4.78, 5) is 60.4. The highest BCUT2D eigenvalue weighted by atomic mass is 35.5. The van der Waals surface area contributed by atoms with Crippen LogP contribution in [0, 0.1) is 0 Å². The van der Waals surface area contributed by atoms with Gasteiger partial charge < -0.3 is 9.80 Å². The number of carbonyl (C=O) groups is 2. The molecule has 0 saturated carbocycles. The van der Waals surface area contributed by atoms with E-state index in [-0.39, 0.29) is 28.4 Å². The number of nitrogens with zero attached hydrogens (tertiary/aromatic N) is 3. The molecular formula is C19H16ClN5O4. The Bertz CT molecular complexity index is 1210. The minimum atomic E-state index is -0.657. The van der Waals surface area contributed by atoms with Crippen molar-refractivity contribution in [1.29, 1.82) is 0 Å². The predicted molar refractivity (Wildman–Crippen MR) is 106 cm³/mol. The number of H-pyrrole nitrogens is 2. The Balaban J connectivity index is 1.47. The molecule has 2 amide bonds. The molecule has 0 spiro atoms. The van der Waals surface area contributed by atoms with Crippen LogP contribution in [-0.4, -0.2) is 62.7 Å². The minimum absolute atomic E-state index is 0.114. The third-order valence-electron chi connectivity index (χ3n) is 4.78. The molecule has 148 valence electrons. The van der Waals surface area contributed by atoms with Crippen molar-refractivity contribution in [2.45, 2.75) is 0 Å². The van der Waals surface area contributed by atoms with Gasteiger partial charge in [-0.2, -0.15) is 0 Å². The molecule has 2 N–H and O–H groups in total. The van der Waals surface area contributed by atoms with Gasteiger partial charge in [0.1, 0.15) is 5.65 Å². The van der Waals surface area contributed by atoms with Crippen LogP contribution in [0.25, 0.3) is 11.0 Å². The molecule has 0 atom stereocenters. The summed E-state index contributed by atoms with van der Waals surface area (Å²) in [5, 5.41) is 0.691. The summed E-state index contributed by atoms with van der Waals surface area (Å²) in [6.07, 6.45) is 1.32. The molecule has 29 heavy (non-hydrogen) atoms. The van der Waals surface area contributed by atoms with Crippen LogP contribution in [0.5, 0.6) is 0 Å². The summed E-state index contributed by atoms with van der Waals surface area (Å²) in [6.45, 7) is 1.50. The van der Waals surface area contributed by atoms with E-state index in [1.807, 2.05) is 0 Å². The van der Waals surface area contributed by atoms with Crippen molar-refractivity contribution in [1.82, 2.24) is 24.8 Å². The number of halogens is 1. The number of nitrogens with one attached hydrogen (secondary N) is 2. The van der Waals surface area contributed by atoms with Crippen molar-refractivity contribution in [3.05, 3.63) is 73.5 Å². The van der Waals surface area contributed by atoms with Gasteiger partial charge in [0, 0.05) is 43.0 Å². The lowest BCUT2D eigenvalue weighted by Crippen LogP contribution is -2.50. The molecular weight excluding hydrogens is 398 g/mol. The number of aromatic nitrogens is 3. The van der Waals surface area contributed by atoms with Gasteiger partial charge in [0.2, 0.25) is 0 Å². The summed E-state index contributed by atoms with van der Waals surface area (Å²) < 4.78 is 0. The third kappa shape index (κ3) is 3.77. The van der Waals surface area contributed by atoms with Gasteiger partial charge in [-0.1, -0.05) is 11.6 Å². The highest BCUT2D eigenvalue weighted by Crippen LogP contribution is 2.15. The van der Waals surface area contributed by atoms with Crippen molar-refractivity contribution in [3.8, 4) is 0 Å². The van der Waals surface area contributed by atoms with E-state index in [4.69, 9.17) is 11.6 Å². The molecule has 0 aliphatic carbocycles. The standard InChI is InChI=1S/C19H16ClN5O4/c20-13-3-1-11(2-4-13)17(27)24-5-7-25(8-6-24)18(28)12-9-14-15(21-10-12)22-19(29)23-16(14)26/h1-4,9-10H,5-8H2,(H2,21,22,23,26,29). The average Bonchev–Trinajstić information content (AvgIpc) is 2.73. The van der Waals surface area contributed by atoms with Crippen molar-refractivity contribution < 1.29 is 9.59 Å². The molecule has 1 fully saturated rings. The van der Waals surface area contributed by atoms with Gasteiger partial charge in [-0.05, 0) is 30.3 Å². The molecule has 3 aromatic rings. The molecule has 1 saturated heterocycles. The fraction of sp³-hybridized carbons (Fsp3) is 0.211. The van der Waals surface area contributed by atoms with Crippen molar-refractivity contribution >= 4 is 34.4 Å². The first kappa shape index (κ1) is 18.9. The number of hydrogen-bond donors (Lipinski definition) is 2.